The molecule has 1 saturated heterocycles. The summed E-state index contributed by atoms with van der Waals surface area (Å²) in [6.45, 7) is 3.45. The van der Waals surface area contributed by atoms with Crippen LogP contribution in [-0.2, 0) is 22.6 Å². The second-order valence-electron chi connectivity index (χ2n) is 9.19. The summed E-state index contributed by atoms with van der Waals surface area (Å²) in [5.41, 5.74) is 6.08. The van der Waals surface area contributed by atoms with Gasteiger partial charge >= 0.3 is 0 Å². The Bertz CT molecular complexity index is 1270. The van der Waals surface area contributed by atoms with Gasteiger partial charge in [0.1, 0.15) is 5.70 Å². The molecule has 6 rings (SSSR count). The van der Waals surface area contributed by atoms with E-state index in [1.165, 1.54) is 28.9 Å². The van der Waals surface area contributed by atoms with Gasteiger partial charge in [-0.1, -0.05) is 54.6 Å². The molecule has 3 aliphatic heterocycles. The molecule has 3 heterocycles. The molecule has 3 aromatic carbocycles. The Labute approximate surface area is 199 Å². The average Bonchev–Trinajstić information content (AvgIpc) is 3.51. The standard InChI is InChI=1S/C29H27N3O2/c33-28-26(22-9-2-1-3-10-22)27(31-19-16-21-8-4-5-11-23(21)20-31)29(34)32(28)25-14-12-24(13-15-25)30-17-6-7-18-30/h1-5,8-15H,6-7,16-20H2. The summed E-state index contributed by atoms with van der Waals surface area (Å²) in [6, 6.07) is 25.8. The third-order valence-electron chi connectivity index (χ3n) is 7.15. The van der Waals surface area contributed by atoms with Crippen molar-refractivity contribution in [1.29, 1.82) is 0 Å². The van der Waals surface area contributed by atoms with E-state index >= 15 is 0 Å². The van der Waals surface area contributed by atoms with Gasteiger partial charge in [0.05, 0.1) is 11.3 Å². The normalized spacial score (nSPS) is 18.2. The Morgan fingerprint density at radius 1 is 0.588 bits per heavy atom. The second-order valence-corrected chi connectivity index (χ2v) is 9.19. The van der Waals surface area contributed by atoms with Crippen molar-refractivity contribution in [2.75, 3.05) is 29.4 Å². The van der Waals surface area contributed by atoms with E-state index in [0.717, 1.165) is 30.8 Å². The highest BCUT2D eigenvalue weighted by Gasteiger charge is 2.43. The van der Waals surface area contributed by atoms with E-state index in [1.807, 2.05) is 60.7 Å². The molecule has 0 aliphatic carbocycles. The Morgan fingerprint density at radius 2 is 1.24 bits per heavy atom. The number of anilines is 2. The van der Waals surface area contributed by atoms with Crippen molar-refractivity contribution in [2.45, 2.75) is 25.8 Å². The first-order chi connectivity index (χ1) is 16.7. The topological polar surface area (TPSA) is 43.9 Å². The number of hydrogen-bond donors (Lipinski definition) is 0. The Kier molecular flexibility index (Phi) is 5.17. The van der Waals surface area contributed by atoms with Crippen molar-refractivity contribution < 1.29 is 9.59 Å². The lowest BCUT2D eigenvalue weighted by Gasteiger charge is -2.31. The zero-order valence-corrected chi connectivity index (χ0v) is 19.1. The van der Waals surface area contributed by atoms with E-state index in [9.17, 15) is 9.59 Å². The molecule has 0 bridgehead atoms. The van der Waals surface area contributed by atoms with Crippen molar-refractivity contribution in [3.8, 4) is 0 Å². The first-order valence-corrected chi connectivity index (χ1v) is 12.1. The zero-order chi connectivity index (χ0) is 23.1. The van der Waals surface area contributed by atoms with E-state index in [1.54, 1.807) is 0 Å². The van der Waals surface area contributed by atoms with Crippen LogP contribution in [0.1, 0.15) is 29.5 Å². The molecule has 3 aliphatic rings. The highest BCUT2D eigenvalue weighted by Crippen LogP contribution is 2.37. The van der Waals surface area contributed by atoms with Crippen molar-refractivity contribution in [3.05, 3.63) is 101 Å². The van der Waals surface area contributed by atoms with Crippen LogP contribution < -0.4 is 9.80 Å². The van der Waals surface area contributed by atoms with Gasteiger partial charge in [-0.3, -0.25) is 9.59 Å². The van der Waals surface area contributed by atoms with Crippen molar-refractivity contribution >= 4 is 28.8 Å². The fourth-order valence-electron chi connectivity index (χ4n) is 5.39. The molecular formula is C29H27N3O2. The number of carbonyl (C=O) groups is 2. The number of rotatable bonds is 4. The predicted molar refractivity (Wildman–Crippen MR) is 134 cm³/mol. The van der Waals surface area contributed by atoms with E-state index in [4.69, 9.17) is 0 Å². The molecule has 5 heteroatoms. The minimum atomic E-state index is -0.251. The fourth-order valence-corrected chi connectivity index (χ4v) is 5.39. The molecule has 0 spiro atoms. The summed E-state index contributed by atoms with van der Waals surface area (Å²) in [6.07, 6.45) is 3.27. The van der Waals surface area contributed by atoms with Crippen LogP contribution >= 0.6 is 0 Å². The van der Waals surface area contributed by atoms with Crippen LogP contribution in [0.25, 0.3) is 5.57 Å². The van der Waals surface area contributed by atoms with Gasteiger partial charge in [-0.15, -0.1) is 0 Å². The van der Waals surface area contributed by atoms with Gasteiger partial charge in [0.15, 0.2) is 0 Å². The van der Waals surface area contributed by atoms with Crippen LogP contribution in [0.2, 0.25) is 0 Å². The molecule has 3 aromatic rings. The average molecular weight is 450 g/mol. The van der Waals surface area contributed by atoms with Crippen molar-refractivity contribution in [2.24, 2.45) is 0 Å². The number of benzene rings is 3. The molecule has 0 atom stereocenters. The van der Waals surface area contributed by atoms with Gasteiger partial charge in [-0.05, 0) is 60.2 Å². The number of nitrogens with zero attached hydrogens (tertiary/aromatic N) is 3. The number of hydrogen-bond acceptors (Lipinski definition) is 4. The van der Waals surface area contributed by atoms with E-state index in [2.05, 4.69) is 28.0 Å². The third kappa shape index (κ3) is 3.48. The molecule has 0 radical (unpaired) electrons. The van der Waals surface area contributed by atoms with Gasteiger partial charge in [0.2, 0.25) is 0 Å². The van der Waals surface area contributed by atoms with Crippen LogP contribution in [0.4, 0.5) is 11.4 Å². The van der Waals surface area contributed by atoms with Crippen LogP contribution in [-0.4, -0.2) is 36.3 Å². The fraction of sp³-hybridized carbons (Fsp3) is 0.241. The first kappa shape index (κ1) is 20.7. The summed E-state index contributed by atoms with van der Waals surface area (Å²) in [7, 11) is 0. The quantitative estimate of drug-likeness (QED) is 0.545. The molecule has 34 heavy (non-hydrogen) atoms. The van der Waals surface area contributed by atoms with E-state index in [-0.39, 0.29) is 11.8 Å². The minimum Gasteiger partial charge on any atom is -0.372 e. The molecule has 0 unspecified atom stereocenters. The summed E-state index contributed by atoms with van der Waals surface area (Å²) in [5.74, 6) is -0.490. The molecule has 0 aromatic heterocycles. The molecule has 170 valence electrons. The Balaban J connectivity index is 1.38. The monoisotopic (exact) mass is 449 g/mol. The molecular weight excluding hydrogens is 422 g/mol. The smallest absolute Gasteiger partial charge is 0.282 e. The number of carbonyl (C=O) groups excluding carboxylic acids is 2. The predicted octanol–water partition coefficient (Wildman–Crippen LogP) is 4.63. The lowest BCUT2D eigenvalue weighted by Crippen LogP contribution is -2.37. The molecule has 0 N–H and O–H groups in total. The maximum atomic E-state index is 13.8. The van der Waals surface area contributed by atoms with Crippen LogP contribution in [0.3, 0.4) is 0 Å². The molecule has 5 nitrogen and oxygen atoms in total. The summed E-state index contributed by atoms with van der Waals surface area (Å²) in [5, 5.41) is 0. The van der Waals surface area contributed by atoms with Crippen molar-refractivity contribution in [1.82, 2.24) is 4.90 Å². The summed E-state index contributed by atoms with van der Waals surface area (Å²) >= 11 is 0. The lowest BCUT2D eigenvalue weighted by atomic mass is 9.98. The number of imide groups is 1. The number of amides is 2. The highest BCUT2D eigenvalue weighted by molar-refractivity contribution is 6.45. The Hall–Kier alpha value is -3.86. The highest BCUT2D eigenvalue weighted by atomic mass is 16.2. The van der Waals surface area contributed by atoms with Gasteiger partial charge in [-0.2, -0.15) is 0 Å². The van der Waals surface area contributed by atoms with E-state index in [0.29, 0.717) is 30.0 Å². The molecule has 0 saturated carbocycles. The van der Waals surface area contributed by atoms with Gasteiger partial charge in [-0.25, -0.2) is 4.90 Å². The first-order valence-electron chi connectivity index (χ1n) is 12.1. The minimum absolute atomic E-state index is 0.239. The number of fused-ring (bicyclic) bond motifs is 1. The van der Waals surface area contributed by atoms with Crippen molar-refractivity contribution in [3.63, 3.8) is 0 Å². The lowest BCUT2D eigenvalue weighted by molar-refractivity contribution is -0.120. The molecule has 1 fully saturated rings. The van der Waals surface area contributed by atoms with E-state index < -0.39 is 0 Å². The second kappa shape index (κ2) is 8.49. The van der Waals surface area contributed by atoms with Gasteiger partial charge in [0.25, 0.3) is 11.8 Å². The zero-order valence-electron chi connectivity index (χ0n) is 19.1. The summed E-state index contributed by atoms with van der Waals surface area (Å²) in [4.78, 5) is 33.4. The van der Waals surface area contributed by atoms with Crippen LogP contribution in [0.15, 0.2) is 84.6 Å². The Morgan fingerprint density at radius 3 is 1.97 bits per heavy atom. The SMILES string of the molecule is O=C1C(c2ccccc2)=C(N2CCc3ccccc3C2)C(=O)N1c1ccc(N2CCCC2)cc1. The maximum absolute atomic E-state index is 13.8. The maximum Gasteiger partial charge on any atom is 0.282 e. The largest absolute Gasteiger partial charge is 0.372 e. The summed E-state index contributed by atoms with van der Waals surface area (Å²) < 4.78 is 0. The third-order valence-corrected chi connectivity index (χ3v) is 7.15. The van der Waals surface area contributed by atoms with Crippen LogP contribution in [0.5, 0.6) is 0 Å². The van der Waals surface area contributed by atoms with Gasteiger partial charge < -0.3 is 9.80 Å². The van der Waals surface area contributed by atoms with Gasteiger partial charge in [0, 0.05) is 31.9 Å². The molecule has 2 amide bonds. The van der Waals surface area contributed by atoms with Crippen LogP contribution in [0, 0.1) is 0 Å².